The molecule has 0 aliphatic heterocycles. The lowest BCUT2D eigenvalue weighted by Crippen LogP contribution is -2.10. The quantitative estimate of drug-likeness (QED) is 0.910. The average molecular weight is 256 g/mol. The predicted molar refractivity (Wildman–Crippen MR) is 77.1 cm³/mol. The number of nitrogens with zero attached hydrogens (tertiary/aromatic N) is 3. The van der Waals surface area contributed by atoms with Crippen LogP contribution in [-0.2, 0) is 0 Å². The fourth-order valence-corrected chi connectivity index (χ4v) is 1.86. The van der Waals surface area contributed by atoms with Crippen LogP contribution in [0.3, 0.4) is 0 Å². The van der Waals surface area contributed by atoms with Gasteiger partial charge in [0, 0.05) is 30.1 Å². The van der Waals surface area contributed by atoms with Gasteiger partial charge in [0.1, 0.15) is 11.6 Å². The number of aromatic nitrogens is 3. The molecule has 0 bridgehead atoms. The van der Waals surface area contributed by atoms with Gasteiger partial charge >= 0.3 is 0 Å². The molecule has 2 heterocycles. The molecule has 2 aromatic heterocycles. The van der Waals surface area contributed by atoms with Crippen LogP contribution in [0.25, 0.3) is 0 Å². The first-order valence-corrected chi connectivity index (χ1v) is 6.58. The van der Waals surface area contributed by atoms with Crippen LogP contribution in [0.15, 0.2) is 30.6 Å². The van der Waals surface area contributed by atoms with Gasteiger partial charge in [-0.3, -0.25) is 4.98 Å². The Balaban J connectivity index is 2.19. The molecule has 2 aromatic rings. The van der Waals surface area contributed by atoms with Crippen molar-refractivity contribution in [3.8, 4) is 0 Å². The number of aryl methyl sites for hydroxylation is 1. The van der Waals surface area contributed by atoms with E-state index in [1.807, 2.05) is 25.3 Å². The first kappa shape index (κ1) is 13.5. The molecular weight excluding hydrogens is 236 g/mol. The molecule has 0 aliphatic rings. The maximum absolute atomic E-state index is 4.56. The van der Waals surface area contributed by atoms with Crippen molar-refractivity contribution in [2.75, 3.05) is 5.32 Å². The fourth-order valence-electron chi connectivity index (χ4n) is 1.86. The Hall–Kier alpha value is -1.97. The molecule has 0 saturated carbocycles. The highest BCUT2D eigenvalue weighted by Gasteiger charge is 2.09. The van der Waals surface area contributed by atoms with E-state index in [0.717, 1.165) is 22.9 Å². The Bertz CT molecular complexity index is 537. The lowest BCUT2D eigenvalue weighted by atomic mass is 10.1. The Morgan fingerprint density at radius 1 is 1.16 bits per heavy atom. The van der Waals surface area contributed by atoms with Crippen molar-refractivity contribution in [1.29, 1.82) is 0 Å². The molecule has 4 heteroatoms. The van der Waals surface area contributed by atoms with Crippen LogP contribution in [0.1, 0.15) is 49.8 Å². The topological polar surface area (TPSA) is 50.7 Å². The second-order valence-electron chi connectivity index (χ2n) is 5.06. The summed E-state index contributed by atoms with van der Waals surface area (Å²) in [6.07, 6.45) is 3.65. The van der Waals surface area contributed by atoms with Crippen molar-refractivity contribution in [1.82, 2.24) is 15.0 Å². The zero-order valence-corrected chi connectivity index (χ0v) is 11.9. The Labute approximate surface area is 114 Å². The molecule has 0 spiro atoms. The highest BCUT2D eigenvalue weighted by atomic mass is 15.0. The third-order valence-electron chi connectivity index (χ3n) is 2.94. The van der Waals surface area contributed by atoms with E-state index < -0.39 is 0 Å². The molecule has 0 aromatic carbocycles. The van der Waals surface area contributed by atoms with Crippen LogP contribution < -0.4 is 5.32 Å². The van der Waals surface area contributed by atoms with Crippen molar-refractivity contribution < 1.29 is 0 Å². The van der Waals surface area contributed by atoms with Crippen LogP contribution in [-0.4, -0.2) is 15.0 Å². The van der Waals surface area contributed by atoms with Gasteiger partial charge in [0.05, 0.1) is 6.04 Å². The van der Waals surface area contributed by atoms with Crippen molar-refractivity contribution in [2.45, 2.75) is 39.7 Å². The molecule has 0 saturated heterocycles. The predicted octanol–water partition coefficient (Wildman–Crippen LogP) is 3.48. The van der Waals surface area contributed by atoms with Gasteiger partial charge in [0.2, 0.25) is 0 Å². The minimum atomic E-state index is 0.169. The van der Waals surface area contributed by atoms with E-state index in [0.29, 0.717) is 5.92 Å². The average Bonchev–Trinajstić information content (AvgIpc) is 2.39. The molecule has 1 N–H and O–H groups in total. The molecular formula is C15H20N4. The zero-order valence-electron chi connectivity index (χ0n) is 11.9. The lowest BCUT2D eigenvalue weighted by molar-refractivity contribution is 0.760. The van der Waals surface area contributed by atoms with Gasteiger partial charge in [0.25, 0.3) is 0 Å². The smallest absolute Gasteiger partial charge is 0.133 e. The second kappa shape index (κ2) is 5.78. The Kier molecular flexibility index (Phi) is 4.10. The summed E-state index contributed by atoms with van der Waals surface area (Å²) in [5.41, 5.74) is 2.13. The highest BCUT2D eigenvalue weighted by Crippen LogP contribution is 2.19. The fraction of sp³-hybridized carbons (Fsp3) is 0.400. The number of anilines is 1. The number of pyridine rings is 1. The number of rotatable bonds is 4. The van der Waals surface area contributed by atoms with Gasteiger partial charge in [-0.15, -0.1) is 0 Å². The third kappa shape index (κ3) is 3.50. The van der Waals surface area contributed by atoms with Crippen LogP contribution >= 0.6 is 0 Å². The Morgan fingerprint density at radius 3 is 2.58 bits per heavy atom. The second-order valence-corrected chi connectivity index (χ2v) is 5.06. The van der Waals surface area contributed by atoms with E-state index in [1.165, 1.54) is 0 Å². The first-order chi connectivity index (χ1) is 9.06. The minimum Gasteiger partial charge on any atom is -0.363 e. The molecule has 0 amide bonds. The maximum Gasteiger partial charge on any atom is 0.133 e. The van der Waals surface area contributed by atoms with Crippen LogP contribution in [0.2, 0.25) is 0 Å². The molecule has 2 rings (SSSR count). The number of nitrogens with one attached hydrogen (secondary N) is 1. The molecule has 0 radical (unpaired) electrons. The number of hydrogen-bond acceptors (Lipinski definition) is 4. The SMILES string of the molecule is Cc1cc(NC(C)c2cccnc2)nc(C(C)C)n1. The lowest BCUT2D eigenvalue weighted by Gasteiger charge is -2.16. The van der Waals surface area contributed by atoms with Gasteiger partial charge in [-0.05, 0) is 25.5 Å². The largest absolute Gasteiger partial charge is 0.363 e. The maximum atomic E-state index is 4.56. The molecule has 19 heavy (non-hydrogen) atoms. The molecule has 0 fully saturated rings. The summed E-state index contributed by atoms with van der Waals surface area (Å²) in [6.45, 7) is 8.29. The van der Waals surface area contributed by atoms with E-state index in [9.17, 15) is 0 Å². The summed E-state index contributed by atoms with van der Waals surface area (Å²) in [4.78, 5) is 13.1. The van der Waals surface area contributed by atoms with Gasteiger partial charge in [-0.1, -0.05) is 19.9 Å². The molecule has 1 atom stereocenters. The summed E-state index contributed by atoms with van der Waals surface area (Å²) < 4.78 is 0. The molecule has 1 unspecified atom stereocenters. The standard InChI is InChI=1S/C15H20N4/c1-10(2)15-17-11(3)8-14(19-15)18-12(4)13-6-5-7-16-9-13/h5-10,12H,1-4H3,(H,17,18,19). The van der Waals surface area contributed by atoms with Crippen LogP contribution in [0.5, 0.6) is 0 Å². The van der Waals surface area contributed by atoms with E-state index in [-0.39, 0.29) is 6.04 Å². The van der Waals surface area contributed by atoms with Gasteiger partial charge < -0.3 is 5.32 Å². The van der Waals surface area contributed by atoms with Crippen molar-refractivity contribution in [3.63, 3.8) is 0 Å². The van der Waals surface area contributed by atoms with E-state index in [1.54, 1.807) is 6.20 Å². The molecule has 100 valence electrons. The van der Waals surface area contributed by atoms with Crippen LogP contribution in [0.4, 0.5) is 5.82 Å². The zero-order chi connectivity index (χ0) is 13.8. The van der Waals surface area contributed by atoms with E-state index in [2.05, 4.69) is 47.1 Å². The summed E-state index contributed by atoms with van der Waals surface area (Å²) in [6, 6.07) is 6.14. The van der Waals surface area contributed by atoms with E-state index in [4.69, 9.17) is 0 Å². The summed E-state index contributed by atoms with van der Waals surface area (Å²) in [7, 11) is 0. The van der Waals surface area contributed by atoms with Crippen molar-refractivity contribution in [2.24, 2.45) is 0 Å². The van der Waals surface area contributed by atoms with Crippen LogP contribution in [0, 0.1) is 6.92 Å². The van der Waals surface area contributed by atoms with Crippen molar-refractivity contribution >= 4 is 5.82 Å². The van der Waals surface area contributed by atoms with Crippen molar-refractivity contribution in [3.05, 3.63) is 47.7 Å². The summed E-state index contributed by atoms with van der Waals surface area (Å²) in [5.74, 6) is 2.07. The summed E-state index contributed by atoms with van der Waals surface area (Å²) in [5, 5.41) is 3.40. The normalized spacial score (nSPS) is 12.5. The minimum absolute atomic E-state index is 0.169. The summed E-state index contributed by atoms with van der Waals surface area (Å²) >= 11 is 0. The van der Waals surface area contributed by atoms with Gasteiger partial charge in [-0.2, -0.15) is 0 Å². The first-order valence-electron chi connectivity index (χ1n) is 6.58. The van der Waals surface area contributed by atoms with Gasteiger partial charge in [-0.25, -0.2) is 9.97 Å². The van der Waals surface area contributed by atoms with E-state index >= 15 is 0 Å². The Morgan fingerprint density at radius 2 is 1.95 bits per heavy atom. The highest BCUT2D eigenvalue weighted by molar-refractivity contribution is 5.39. The monoisotopic (exact) mass is 256 g/mol. The van der Waals surface area contributed by atoms with Gasteiger partial charge in [0.15, 0.2) is 0 Å². The molecule has 0 aliphatic carbocycles. The number of hydrogen-bond donors (Lipinski definition) is 1. The molecule has 4 nitrogen and oxygen atoms in total. The third-order valence-corrected chi connectivity index (χ3v) is 2.94.